The van der Waals surface area contributed by atoms with Crippen LogP contribution in [0, 0.1) is 5.82 Å². The number of hydrogen-bond acceptors (Lipinski definition) is 6. The highest BCUT2D eigenvalue weighted by Gasteiger charge is 2.22. The summed E-state index contributed by atoms with van der Waals surface area (Å²) in [5, 5.41) is 13.9. The van der Waals surface area contributed by atoms with E-state index in [-0.39, 0.29) is 11.9 Å². The van der Waals surface area contributed by atoms with Crippen molar-refractivity contribution in [2.75, 3.05) is 20.3 Å². The summed E-state index contributed by atoms with van der Waals surface area (Å²) in [6, 6.07) is 9.23. The van der Waals surface area contributed by atoms with E-state index in [9.17, 15) is 0 Å². The fraction of sp³-hybridized carbons (Fsp3) is 0.308. The number of hydrogen-bond donors (Lipinski definition) is 0. The zero-order chi connectivity index (χ0) is 23.9. The van der Waals surface area contributed by atoms with Gasteiger partial charge in [0, 0.05) is 36.4 Å². The maximum Gasteiger partial charge on any atom is 0.183 e. The van der Waals surface area contributed by atoms with Gasteiger partial charge in [0.2, 0.25) is 0 Å². The van der Waals surface area contributed by atoms with E-state index in [0.717, 1.165) is 60.1 Å². The van der Waals surface area contributed by atoms with Gasteiger partial charge in [-0.3, -0.25) is 4.68 Å². The molecule has 6 rings (SSSR count). The third-order valence-corrected chi connectivity index (χ3v) is 6.78. The van der Waals surface area contributed by atoms with Crippen LogP contribution in [0.15, 0.2) is 49.1 Å². The van der Waals surface area contributed by atoms with Crippen molar-refractivity contribution < 1.29 is 13.9 Å². The second-order valence-corrected chi connectivity index (χ2v) is 8.67. The lowest BCUT2D eigenvalue weighted by molar-refractivity contribution is 0.0675. The molecule has 178 valence electrons. The lowest BCUT2D eigenvalue weighted by Gasteiger charge is -2.23. The van der Waals surface area contributed by atoms with Crippen LogP contribution in [-0.4, -0.2) is 49.9 Å². The standard InChI is InChI=1S/C26H25FN6O2/c1-3-32-15-28-24-20(13-29-31-26(24)32)16-4-6-22(27)19(12-16)18-5-7-23-21(25(18)34-2)14-30-33(23)17-8-10-35-11-9-17/h4-7,12-15,17H,3,8-11H2,1-2H3. The maximum atomic E-state index is 15.2. The number of nitrogens with zero attached hydrogens (tertiary/aromatic N) is 6. The molecule has 1 aliphatic rings. The molecule has 0 unspecified atom stereocenters. The molecule has 4 heterocycles. The molecule has 0 amide bonds. The van der Waals surface area contributed by atoms with Crippen LogP contribution in [0.5, 0.6) is 5.75 Å². The summed E-state index contributed by atoms with van der Waals surface area (Å²) in [5.74, 6) is 0.269. The van der Waals surface area contributed by atoms with Crippen LogP contribution in [0.2, 0.25) is 0 Å². The Kier molecular flexibility index (Phi) is 5.41. The number of halogens is 1. The van der Waals surface area contributed by atoms with E-state index in [1.54, 1.807) is 25.7 Å². The number of rotatable bonds is 5. The van der Waals surface area contributed by atoms with Crippen LogP contribution in [0.4, 0.5) is 4.39 Å². The van der Waals surface area contributed by atoms with E-state index in [2.05, 4.69) is 20.3 Å². The Bertz CT molecular complexity index is 1540. The summed E-state index contributed by atoms with van der Waals surface area (Å²) in [4.78, 5) is 4.53. The molecule has 0 bridgehead atoms. The molecule has 0 atom stereocenters. The van der Waals surface area contributed by atoms with Gasteiger partial charge in [0.1, 0.15) is 17.1 Å². The number of aromatic nitrogens is 6. The first-order chi connectivity index (χ1) is 17.2. The predicted molar refractivity (Wildman–Crippen MR) is 131 cm³/mol. The highest BCUT2D eigenvalue weighted by Crippen LogP contribution is 2.40. The number of methoxy groups -OCH3 is 1. The summed E-state index contributed by atoms with van der Waals surface area (Å²) in [6.07, 6.45) is 7.06. The van der Waals surface area contributed by atoms with Crippen molar-refractivity contribution in [3.8, 4) is 28.0 Å². The third kappa shape index (κ3) is 3.54. The first-order valence-electron chi connectivity index (χ1n) is 11.8. The van der Waals surface area contributed by atoms with Crippen molar-refractivity contribution in [3.05, 3.63) is 54.9 Å². The van der Waals surface area contributed by atoms with Crippen LogP contribution in [-0.2, 0) is 11.3 Å². The van der Waals surface area contributed by atoms with E-state index < -0.39 is 0 Å². The monoisotopic (exact) mass is 472 g/mol. The lowest BCUT2D eigenvalue weighted by atomic mass is 9.97. The third-order valence-electron chi connectivity index (χ3n) is 6.78. The van der Waals surface area contributed by atoms with Crippen molar-refractivity contribution in [1.29, 1.82) is 0 Å². The van der Waals surface area contributed by atoms with Gasteiger partial charge in [-0.15, -0.1) is 5.10 Å². The number of ether oxygens (including phenoxy) is 2. The van der Waals surface area contributed by atoms with Gasteiger partial charge in [0.15, 0.2) is 5.65 Å². The van der Waals surface area contributed by atoms with Gasteiger partial charge < -0.3 is 14.0 Å². The Morgan fingerprint density at radius 1 is 1.09 bits per heavy atom. The summed E-state index contributed by atoms with van der Waals surface area (Å²) in [7, 11) is 1.61. The normalized spacial score (nSPS) is 14.7. The van der Waals surface area contributed by atoms with Gasteiger partial charge in [-0.25, -0.2) is 9.37 Å². The molecule has 1 fully saturated rings. The molecule has 2 aromatic carbocycles. The number of aryl methyl sites for hydroxylation is 1. The molecule has 5 aromatic rings. The minimum Gasteiger partial charge on any atom is -0.495 e. The zero-order valence-corrected chi connectivity index (χ0v) is 19.6. The molecule has 0 radical (unpaired) electrons. The quantitative estimate of drug-likeness (QED) is 0.357. The minimum atomic E-state index is -0.333. The molecule has 1 saturated heterocycles. The van der Waals surface area contributed by atoms with Gasteiger partial charge in [-0.2, -0.15) is 10.2 Å². The first-order valence-corrected chi connectivity index (χ1v) is 11.8. The topological polar surface area (TPSA) is 79.9 Å². The van der Waals surface area contributed by atoms with E-state index in [0.29, 0.717) is 22.5 Å². The Hall–Kier alpha value is -3.85. The molecular formula is C26H25FN6O2. The molecule has 8 nitrogen and oxygen atoms in total. The summed E-state index contributed by atoms with van der Waals surface area (Å²) >= 11 is 0. The average Bonchev–Trinajstić information content (AvgIpc) is 3.53. The molecule has 1 aliphatic heterocycles. The van der Waals surface area contributed by atoms with Gasteiger partial charge >= 0.3 is 0 Å². The Balaban J connectivity index is 1.48. The van der Waals surface area contributed by atoms with Crippen LogP contribution < -0.4 is 4.74 Å². The molecule has 0 N–H and O–H groups in total. The Morgan fingerprint density at radius 3 is 2.74 bits per heavy atom. The molecule has 0 saturated carbocycles. The highest BCUT2D eigenvalue weighted by molar-refractivity contribution is 5.95. The highest BCUT2D eigenvalue weighted by atomic mass is 19.1. The fourth-order valence-corrected chi connectivity index (χ4v) is 4.96. The SMILES string of the molecule is CCn1cnc2c(-c3ccc(F)c(-c4ccc5c(cnn5C5CCOCC5)c4OC)c3)cnnc21. The van der Waals surface area contributed by atoms with Crippen molar-refractivity contribution >= 4 is 22.1 Å². The Morgan fingerprint density at radius 2 is 1.94 bits per heavy atom. The molecule has 0 spiro atoms. The summed E-state index contributed by atoms with van der Waals surface area (Å²) in [5.41, 5.74) is 5.14. The fourth-order valence-electron chi connectivity index (χ4n) is 4.96. The predicted octanol–water partition coefficient (Wildman–Crippen LogP) is 5.03. The maximum absolute atomic E-state index is 15.2. The van der Waals surface area contributed by atoms with Crippen LogP contribution >= 0.6 is 0 Å². The van der Waals surface area contributed by atoms with E-state index in [4.69, 9.17) is 9.47 Å². The Labute approximate surface area is 201 Å². The van der Waals surface area contributed by atoms with Crippen molar-refractivity contribution in [2.24, 2.45) is 0 Å². The molecular weight excluding hydrogens is 447 g/mol. The van der Waals surface area contributed by atoms with Crippen LogP contribution in [0.25, 0.3) is 44.3 Å². The zero-order valence-electron chi connectivity index (χ0n) is 19.6. The largest absolute Gasteiger partial charge is 0.495 e. The molecule has 9 heteroatoms. The lowest BCUT2D eigenvalue weighted by Crippen LogP contribution is -2.20. The number of benzene rings is 2. The second kappa shape index (κ2) is 8.74. The smallest absolute Gasteiger partial charge is 0.183 e. The van der Waals surface area contributed by atoms with Crippen molar-refractivity contribution in [3.63, 3.8) is 0 Å². The van der Waals surface area contributed by atoms with E-state index >= 15 is 4.39 Å². The second-order valence-electron chi connectivity index (χ2n) is 8.67. The minimum absolute atomic E-state index is 0.279. The first kappa shape index (κ1) is 21.7. The number of imidazole rings is 1. The number of fused-ring (bicyclic) bond motifs is 2. The van der Waals surface area contributed by atoms with E-state index in [1.807, 2.05) is 40.6 Å². The van der Waals surface area contributed by atoms with Gasteiger partial charge in [0.05, 0.1) is 42.8 Å². The van der Waals surface area contributed by atoms with Gasteiger partial charge in [-0.05, 0) is 49.6 Å². The molecule has 0 aliphatic carbocycles. The van der Waals surface area contributed by atoms with Crippen LogP contribution in [0.1, 0.15) is 25.8 Å². The van der Waals surface area contributed by atoms with Gasteiger partial charge in [-0.1, -0.05) is 6.07 Å². The van der Waals surface area contributed by atoms with Crippen molar-refractivity contribution in [1.82, 2.24) is 29.5 Å². The summed E-state index contributed by atoms with van der Waals surface area (Å²) < 4.78 is 30.5. The van der Waals surface area contributed by atoms with E-state index in [1.165, 1.54) is 6.07 Å². The van der Waals surface area contributed by atoms with Crippen LogP contribution in [0.3, 0.4) is 0 Å². The summed E-state index contributed by atoms with van der Waals surface area (Å²) in [6.45, 7) is 4.22. The average molecular weight is 473 g/mol. The van der Waals surface area contributed by atoms with Gasteiger partial charge in [0.25, 0.3) is 0 Å². The molecule has 35 heavy (non-hydrogen) atoms. The molecule has 3 aromatic heterocycles. The van der Waals surface area contributed by atoms with Crippen molar-refractivity contribution in [2.45, 2.75) is 32.4 Å².